The van der Waals surface area contributed by atoms with E-state index in [4.69, 9.17) is 34.2 Å². The van der Waals surface area contributed by atoms with Crippen molar-refractivity contribution in [1.82, 2.24) is 74.0 Å². The van der Waals surface area contributed by atoms with E-state index in [0.717, 1.165) is 216 Å². The minimum absolute atomic E-state index is 0.188. The molecule has 0 saturated heterocycles. The first-order chi connectivity index (χ1) is 72.5. The molecule has 0 aliphatic heterocycles. The molecule has 12 atom stereocenters. The van der Waals surface area contributed by atoms with Crippen LogP contribution in [0.15, 0.2) is 262 Å². The Kier molecular flexibility index (Phi) is 37.9. The number of pyridine rings is 1. The molecule has 0 unspecified atom stereocenters. The van der Waals surface area contributed by atoms with Crippen molar-refractivity contribution in [2.45, 2.75) is 207 Å². The van der Waals surface area contributed by atoms with Gasteiger partial charge in [0.25, 0.3) is 0 Å². The van der Waals surface area contributed by atoms with Crippen LogP contribution in [0, 0.1) is 102 Å². The van der Waals surface area contributed by atoms with Crippen LogP contribution < -0.4 is 0 Å². The standard InChI is InChI=1S/C33H37FN4O2.C32H36N4O3.C32H36N4O2.C27H33N3O2/c1-21-14-25(10-11-31(21)34)30-16-24(12-13-40-4)15-26(30)17-29(39)18-32-22(2)33(27-19-35-23(3)36-20-27)37-38(32)28-8-6-5-7-9-28;1-22-30(36(27-11-7-4-8-12-27)35-32(22)26-19-33-31(21-37)34-20-26)18-28(38)17-25-15-23(13-14-39-2)16-29(25)24-9-5-3-6-10-24;1-22-31(36(28-12-8-5-9-13-28)35-32(22)27-20-33-23(2)34-21-27)19-29(37)18-26-16-24(14-15-38-3)17-30(26)25-10-6-4-7-11-25;1-19-9-10-22(18-28-19)27-17-24(30(2)29-27)16-25(31)15-23-13-20(11-12-32-3)14-26(23)21-7-5-4-6-8-21/h5-11,14,19-20,24,26,30H,12-13,15-18H2,1-4H3;3-12,19-20,23,25,29,37H,13-18,21H2,1-2H3;4-13,20-21,24,26,30H,14-19H2,1-3H3;4-10,17-18,20,23,26H,11-16H2,1-3H3/t24-,26+,30+;23-,25+,29+;24-,26+,30+;20-,23+,26+/m1111/s1. The second-order valence-corrected chi connectivity index (χ2v) is 41.3. The third-order valence-electron chi connectivity index (χ3n) is 31.0. The number of methoxy groups -OCH3 is 4. The van der Waals surface area contributed by atoms with Crippen molar-refractivity contribution in [1.29, 1.82) is 0 Å². The number of aromatic nitrogens is 15. The summed E-state index contributed by atoms with van der Waals surface area (Å²) in [5.74, 6) is 7.53. The number of ketones is 4. The Hall–Kier alpha value is -13.8. The van der Waals surface area contributed by atoms with Crippen molar-refractivity contribution in [2.24, 2.45) is 54.4 Å². The molecule has 1 N–H and O–H groups in total. The SMILES string of the molecule is COCC[C@@H]1C[C@@H](CC(=O)Cc2c(C)c(-c3cnc(C)nc3)nn2-c2ccccc2)[C@H](c2ccc(F)c(C)c2)C1.COCC[C@@H]1C[C@@H](CC(=O)Cc2c(C)c(-c3cnc(C)nc3)nn2-c2ccccc2)[C@H](c2ccccc2)C1.COCC[C@@H]1C[C@@H](CC(=O)Cc2c(C)c(-c3cnc(CO)nc3)nn2-c2ccccc2)[C@H](c2ccccc2)C1.COCC[C@@H]1C[C@@H](CC(=O)Cc2cc(-c3ccc(C)nc3)nn2C)[C@H](c2ccccc2)C1. The average Bonchev–Trinajstić information content (AvgIpc) is 1.66. The second kappa shape index (κ2) is 52.4. The van der Waals surface area contributed by atoms with Crippen molar-refractivity contribution in [3.63, 3.8) is 0 Å². The molecule has 8 heterocycles. The molecule has 4 aliphatic rings. The lowest BCUT2D eigenvalue weighted by molar-refractivity contribution is -0.120. The van der Waals surface area contributed by atoms with Gasteiger partial charge in [0.15, 0.2) is 5.82 Å². The van der Waals surface area contributed by atoms with Gasteiger partial charge in [-0.25, -0.2) is 48.3 Å². The van der Waals surface area contributed by atoms with Gasteiger partial charge in [0, 0.05) is 190 Å². The first-order valence-corrected chi connectivity index (χ1v) is 52.8. The fourth-order valence-electron chi connectivity index (χ4n) is 23.2. The molecule has 0 amide bonds. The number of aryl methyl sites for hydroxylation is 5. The smallest absolute Gasteiger partial charge is 0.153 e. The number of para-hydroxylation sites is 3. The lowest BCUT2D eigenvalue weighted by atomic mass is 9.84. The minimum Gasteiger partial charge on any atom is -0.388 e. The first-order valence-electron chi connectivity index (χ1n) is 52.8. The van der Waals surface area contributed by atoms with Crippen molar-refractivity contribution in [2.75, 3.05) is 54.9 Å². The third-order valence-corrected chi connectivity index (χ3v) is 31.0. The molecule has 774 valence electrons. The molecule has 24 nitrogen and oxygen atoms in total. The highest BCUT2D eigenvalue weighted by Crippen LogP contribution is 2.51. The Morgan fingerprint density at radius 3 is 0.960 bits per heavy atom. The fraction of sp³-hybridized carbons (Fsp3) is 0.395. The zero-order chi connectivity index (χ0) is 104. The maximum atomic E-state index is 14.1. The normalized spacial score (nSPS) is 19.3. The predicted molar refractivity (Wildman–Crippen MR) is 580 cm³/mol. The van der Waals surface area contributed by atoms with E-state index in [1.807, 2.05) is 207 Å². The summed E-state index contributed by atoms with van der Waals surface area (Å²) in [6.45, 7) is 16.4. The van der Waals surface area contributed by atoms with Gasteiger partial charge in [-0.2, -0.15) is 20.4 Å². The average molecular weight is 2010 g/mol. The topological polar surface area (TPSA) is 287 Å². The molecule has 0 bridgehead atoms. The number of benzene rings is 7. The first kappa shape index (κ1) is 108. The fourth-order valence-corrected chi connectivity index (χ4v) is 23.2. The number of aliphatic hydroxyl groups excluding tert-OH is 1. The molecule has 4 fully saturated rings. The quantitative estimate of drug-likeness (QED) is 0.0373. The monoisotopic (exact) mass is 2000 g/mol. The summed E-state index contributed by atoms with van der Waals surface area (Å²) in [6, 6.07) is 73.3. The van der Waals surface area contributed by atoms with Crippen molar-refractivity contribution >= 4 is 23.1 Å². The molecule has 0 radical (unpaired) electrons. The minimum atomic E-state index is -0.213. The van der Waals surface area contributed by atoms with E-state index in [0.29, 0.717) is 134 Å². The molecular weight excluding hydrogens is 1860 g/mol. The summed E-state index contributed by atoms with van der Waals surface area (Å²) < 4.78 is 43.0. The van der Waals surface area contributed by atoms with Gasteiger partial charge in [0.2, 0.25) is 0 Å². The van der Waals surface area contributed by atoms with Gasteiger partial charge in [-0.1, -0.05) is 158 Å². The molecule has 19 rings (SSSR count). The zero-order valence-corrected chi connectivity index (χ0v) is 88.2. The van der Waals surface area contributed by atoms with Crippen LogP contribution in [0.25, 0.3) is 62.1 Å². The van der Waals surface area contributed by atoms with Crippen molar-refractivity contribution in [3.05, 3.63) is 358 Å². The van der Waals surface area contributed by atoms with Crippen LogP contribution in [0.1, 0.15) is 217 Å². The van der Waals surface area contributed by atoms with Gasteiger partial charge in [0.1, 0.15) is 47.2 Å². The van der Waals surface area contributed by atoms with E-state index in [9.17, 15) is 28.7 Å². The molecule has 15 aromatic rings. The van der Waals surface area contributed by atoms with Gasteiger partial charge >= 0.3 is 0 Å². The predicted octanol–water partition coefficient (Wildman–Crippen LogP) is 23.7. The van der Waals surface area contributed by atoms with E-state index >= 15 is 0 Å². The van der Waals surface area contributed by atoms with Gasteiger partial charge in [-0.05, 0) is 302 Å². The molecular formula is C124H142FN15O9. The number of rotatable bonds is 40. The highest BCUT2D eigenvalue weighted by Gasteiger charge is 2.42. The summed E-state index contributed by atoms with van der Waals surface area (Å²) in [6.07, 6.45) is 28.6. The van der Waals surface area contributed by atoms with E-state index in [1.54, 1.807) is 66.2 Å². The van der Waals surface area contributed by atoms with E-state index in [2.05, 4.69) is 131 Å². The number of nitrogens with zero attached hydrogens (tertiary/aromatic N) is 15. The van der Waals surface area contributed by atoms with E-state index in [-0.39, 0.29) is 48.0 Å². The molecule has 8 aromatic heterocycles. The number of aliphatic hydroxyl groups is 1. The van der Waals surface area contributed by atoms with E-state index < -0.39 is 0 Å². The summed E-state index contributed by atoms with van der Waals surface area (Å²) in [5, 5.41) is 28.7. The molecule has 25 heteroatoms. The Bertz CT molecular complexity index is 6850. The number of halogens is 1. The van der Waals surface area contributed by atoms with Crippen LogP contribution in [0.3, 0.4) is 0 Å². The number of hydrogen-bond acceptors (Lipinski definition) is 20. The Morgan fingerprint density at radius 1 is 0.342 bits per heavy atom. The third kappa shape index (κ3) is 28.0. The van der Waals surface area contributed by atoms with Gasteiger partial charge in [-0.15, -0.1) is 0 Å². The van der Waals surface area contributed by atoms with Crippen LogP contribution in [-0.4, -0.2) is 157 Å². The second-order valence-electron chi connectivity index (χ2n) is 41.3. The van der Waals surface area contributed by atoms with Crippen molar-refractivity contribution in [3.8, 4) is 62.1 Å². The number of carbonyl (C=O) groups excluding carboxylic acids is 4. The number of hydrogen-bond donors (Lipinski definition) is 1. The van der Waals surface area contributed by atoms with Crippen LogP contribution in [0.5, 0.6) is 0 Å². The molecule has 0 spiro atoms. The lowest BCUT2D eigenvalue weighted by Gasteiger charge is -2.20. The number of carbonyl (C=O) groups is 4. The summed E-state index contributed by atoms with van der Waals surface area (Å²) >= 11 is 0. The van der Waals surface area contributed by atoms with E-state index in [1.165, 1.54) is 16.7 Å². The largest absolute Gasteiger partial charge is 0.388 e. The molecule has 7 aromatic carbocycles. The highest BCUT2D eigenvalue weighted by atomic mass is 19.1. The maximum Gasteiger partial charge on any atom is 0.153 e. The van der Waals surface area contributed by atoms with Gasteiger partial charge < -0.3 is 24.1 Å². The highest BCUT2D eigenvalue weighted by molar-refractivity contribution is 5.85. The summed E-state index contributed by atoms with van der Waals surface area (Å²) in [5.41, 5.74) is 22.7. The Labute approximate surface area is 876 Å². The Morgan fingerprint density at radius 2 is 0.651 bits per heavy atom. The number of Topliss-reactive ketones (excluding diaryl/α,β-unsaturated/α-hetero) is 4. The van der Waals surface area contributed by atoms with Gasteiger partial charge in [-0.3, -0.25) is 28.8 Å². The number of ether oxygens (including phenoxy) is 4. The van der Waals surface area contributed by atoms with Gasteiger partial charge in [0.05, 0.1) is 56.9 Å². The van der Waals surface area contributed by atoms with Crippen LogP contribution in [0.2, 0.25) is 0 Å². The van der Waals surface area contributed by atoms with Crippen molar-refractivity contribution < 1.29 is 47.6 Å². The summed E-state index contributed by atoms with van der Waals surface area (Å²) in [4.78, 5) is 84.6. The lowest BCUT2D eigenvalue weighted by Crippen LogP contribution is -2.16. The maximum absolute atomic E-state index is 14.1. The Balaban J connectivity index is 0.000000142. The summed E-state index contributed by atoms with van der Waals surface area (Å²) in [7, 11) is 8.92. The van der Waals surface area contributed by atoms with Crippen LogP contribution >= 0.6 is 0 Å². The van der Waals surface area contributed by atoms with Crippen LogP contribution in [0.4, 0.5) is 4.39 Å². The zero-order valence-electron chi connectivity index (χ0n) is 88.2. The molecule has 149 heavy (non-hydrogen) atoms. The molecule has 4 saturated carbocycles. The molecule has 4 aliphatic carbocycles. The van der Waals surface area contributed by atoms with Crippen LogP contribution in [-0.2, 0) is 77.5 Å².